The van der Waals surface area contributed by atoms with E-state index in [1.54, 1.807) is 6.92 Å². The summed E-state index contributed by atoms with van der Waals surface area (Å²) in [6.45, 7) is 9.07. The van der Waals surface area contributed by atoms with Crippen molar-refractivity contribution in [1.29, 1.82) is 0 Å². The molecule has 0 aromatic heterocycles. The fourth-order valence-corrected chi connectivity index (χ4v) is 2.26. The molecule has 1 unspecified atom stereocenters. The molecule has 0 spiro atoms. The Hall–Kier alpha value is -0.580. The molecule has 1 aromatic carbocycles. The van der Waals surface area contributed by atoms with Crippen LogP contribution in [0.2, 0.25) is 0 Å². The Labute approximate surface area is 118 Å². The molecule has 0 amide bonds. The van der Waals surface area contributed by atoms with Gasteiger partial charge < -0.3 is 14.7 Å². The third kappa shape index (κ3) is 4.26. The van der Waals surface area contributed by atoms with Crippen LogP contribution in [0.4, 0.5) is 5.69 Å². The van der Waals surface area contributed by atoms with Gasteiger partial charge >= 0.3 is 0 Å². The van der Waals surface area contributed by atoms with E-state index in [9.17, 15) is 5.11 Å². The van der Waals surface area contributed by atoms with Gasteiger partial charge in [-0.15, -0.1) is 0 Å². The van der Waals surface area contributed by atoms with Gasteiger partial charge in [0.2, 0.25) is 0 Å². The lowest BCUT2D eigenvalue weighted by atomic mass is 10.1. The van der Waals surface area contributed by atoms with Crippen LogP contribution in [0.25, 0.3) is 0 Å². The van der Waals surface area contributed by atoms with E-state index in [1.165, 1.54) is 0 Å². The van der Waals surface area contributed by atoms with Crippen LogP contribution < -0.4 is 4.90 Å². The average molecular weight is 316 g/mol. The first-order valence-electron chi connectivity index (χ1n) is 6.40. The topological polar surface area (TPSA) is 32.7 Å². The zero-order valence-electron chi connectivity index (χ0n) is 11.3. The summed E-state index contributed by atoms with van der Waals surface area (Å²) in [7, 11) is 0. The maximum absolute atomic E-state index is 9.84. The molecule has 1 atom stereocenters. The number of hydrogen-bond acceptors (Lipinski definition) is 3. The molecule has 102 valence electrons. The highest BCUT2D eigenvalue weighted by Crippen LogP contribution is 2.29. The number of benzene rings is 1. The van der Waals surface area contributed by atoms with Gasteiger partial charge in [-0.05, 0) is 32.9 Å². The van der Waals surface area contributed by atoms with Crippen molar-refractivity contribution in [2.75, 3.05) is 31.2 Å². The average Bonchev–Trinajstić information content (AvgIpc) is 2.34. The molecule has 0 radical (unpaired) electrons. The molecule has 1 aromatic rings. The highest BCUT2D eigenvalue weighted by Gasteiger charge is 2.13. The van der Waals surface area contributed by atoms with Gasteiger partial charge in [-0.3, -0.25) is 0 Å². The Bertz CT molecular complexity index is 369. The molecular formula is C14H22BrNO2. The van der Waals surface area contributed by atoms with Crippen LogP contribution in [0, 0.1) is 0 Å². The first-order chi connectivity index (χ1) is 8.60. The summed E-state index contributed by atoms with van der Waals surface area (Å²) in [4.78, 5) is 2.22. The highest BCUT2D eigenvalue weighted by atomic mass is 79.9. The van der Waals surface area contributed by atoms with Crippen molar-refractivity contribution in [3.05, 3.63) is 28.2 Å². The third-order valence-corrected chi connectivity index (χ3v) is 3.37. The van der Waals surface area contributed by atoms with Crippen molar-refractivity contribution in [2.45, 2.75) is 26.9 Å². The second-order valence-corrected chi connectivity index (χ2v) is 5.07. The fourth-order valence-electron chi connectivity index (χ4n) is 1.91. The summed E-state index contributed by atoms with van der Waals surface area (Å²) in [5.41, 5.74) is 2.03. The molecule has 4 heteroatoms. The van der Waals surface area contributed by atoms with Gasteiger partial charge in [0.15, 0.2) is 0 Å². The molecule has 1 rings (SSSR count). The molecule has 1 N–H and O–H groups in total. The normalized spacial score (nSPS) is 12.5. The van der Waals surface area contributed by atoms with Gasteiger partial charge in [0.25, 0.3) is 0 Å². The minimum absolute atomic E-state index is 0.464. The van der Waals surface area contributed by atoms with Crippen molar-refractivity contribution >= 4 is 21.6 Å². The van der Waals surface area contributed by atoms with E-state index < -0.39 is 6.10 Å². The molecule has 0 saturated heterocycles. The number of hydrogen-bond donors (Lipinski definition) is 1. The summed E-state index contributed by atoms with van der Waals surface area (Å²) >= 11 is 3.49. The third-order valence-electron chi connectivity index (χ3n) is 2.87. The first-order valence-corrected chi connectivity index (χ1v) is 7.19. The van der Waals surface area contributed by atoms with E-state index in [-0.39, 0.29) is 0 Å². The second-order valence-electron chi connectivity index (χ2n) is 4.16. The minimum Gasteiger partial charge on any atom is -0.389 e. The second kappa shape index (κ2) is 7.77. The Kier molecular flexibility index (Phi) is 6.68. The van der Waals surface area contributed by atoms with Gasteiger partial charge in [-0.25, -0.2) is 0 Å². The molecule has 18 heavy (non-hydrogen) atoms. The molecule has 0 aliphatic rings. The number of ether oxygens (including phenoxy) is 1. The van der Waals surface area contributed by atoms with Gasteiger partial charge in [-0.1, -0.05) is 22.0 Å². The van der Waals surface area contributed by atoms with Crippen LogP contribution in [-0.4, -0.2) is 31.4 Å². The van der Waals surface area contributed by atoms with Crippen LogP contribution in [0.3, 0.4) is 0 Å². The highest BCUT2D eigenvalue weighted by molar-refractivity contribution is 9.10. The van der Waals surface area contributed by atoms with E-state index in [2.05, 4.69) is 33.8 Å². The van der Waals surface area contributed by atoms with Crippen molar-refractivity contribution < 1.29 is 9.84 Å². The molecular weight excluding hydrogens is 294 g/mol. The molecule has 0 aliphatic carbocycles. The maximum atomic E-state index is 9.84. The van der Waals surface area contributed by atoms with Crippen LogP contribution in [0.15, 0.2) is 22.7 Å². The lowest BCUT2D eigenvalue weighted by Gasteiger charge is -2.26. The first kappa shape index (κ1) is 15.5. The Morgan fingerprint density at radius 2 is 2.11 bits per heavy atom. The monoisotopic (exact) mass is 315 g/mol. The summed E-state index contributed by atoms with van der Waals surface area (Å²) in [6.07, 6.45) is -0.464. The zero-order chi connectivity index (χ0) is 13.5. The zero-order valence-corrected chi connectivity index (χ0v) is 12.9. The number of nitrogens with zero attached hydrogens (tertiary/aromatic N) is 1. The number of likely N-dealkylation sites (N-methyl/N-ethyl adjacent to an activating group) is 1. The molecule has 0 saturated carbocycles. The molecule has 0 aliphatic heterocycles. The number of anilines is 1. The quantitative estimate of drug-likeness (QED) is 0.783. The summed E-state index contributed by atoms with van der Waals surface area (Å²) in [5, 5.41) is 9.84. The van der Waals surface area contributed by atoms with Gasteiger partial charge in [-0.2, -0.15) is 0 Å². The standard InChI is InChI=1S/C14H22BrNO2/c1-4-16(8-9-18-5-2)14-10-12(15)6-7-13(14)11(3)17/h6-7,10-11,17H,4-5,8-9H2,1-3H3. The van der Waals surface area contributed by atoms with Gasteiger partial charge in [0, 0.05) is 35.4 Å². The maximum Gasteiger partial charge on any atom is 0.0782 e. The van der Waals surface area contributed by atoms with Crippen molar-refractivity contribution in [3.8, 4) is 0 Å². The summed E-state index contributed by atoms with van der Waals surface area (Å²) < 4.78 is 6.43. The Morgan fingerprint density at radius 3 is 2.67 bits per heavy atom. The predicted molar refractivity (Wildman–Crippen MR) is 79.2 cm³/mol. The van der Waals surface area contributed by atoms with E-state index >= 15 is 0 Å². The number of aliphatic hydroxyl groups excluding tert-OH is 1. The molecule has 0 bridgehead atoms. The Balaban J connectivity index is 2.92. The molecule has 3 nitrogen and oxygen atoms in total. The van der Waals surface area contributed by atoms with Gasteiger partial charge in [0.1, 0.15) is 0 Å². The number of halogens is 1. The van der Waals surface area contributed by atoms with E-state index in [1.807, 2.05) is 19.1 Å². The largest absolute Gasteiger partial charge is 0.389 e. The summed E-state index contributed by atoms with van der Waals surface area (Å²) in [5.74, 6) is 0. The van der Waals surface area contributed by atoms with Crippen LogP contribution in [0.5, 0.6) is 0 Å². The number of rotatable bonds is 7. The predicted octanol–water partition coefficient (Wildman–Crippen LogP) is 3.37. The van der Waals surface area contributed by atoms with Crippen molar-refractivity contribution in [3.63, 3.8) is 0 Å². The van der Waals surface area contributed by atoms with Crippen LogP contribution in [0.1, 0.15) is 32.4 Å². The lowest BCUT2D eigenvalue weighted by Crippen LogP contribution is -2.28. The van der Waals surface area contributed by atoms with Crippen molar-refractivity contribution in [2.24, 2.45) is 0 Å². The minimum atomic E-state index is -0.464. The SMILES string of the molecule is CCOCCN(CC)c1cc(Br)ccc1C(C)O. The van der Waals surface area contributed by atoms with E-state index in [4.69, 9.17) is 4.74 Å². The Morgan fingerprint density at radius 1 is 1.39 bits per heavy atom. The van der Waals surface area contributed by atoms with E-state index in [0.717, 1.165) is 35.4 Å². The van der Waals surface area contributed by atoms with Gasteiger partial charge in [0.05, 0.1) is 12.7 Å². The molecule has 0 heterocycles. The fraction of sp³-hybridized carbons (Fsp3) is 0.571. The smallest absolute Gasteiger partial charge is 0.0782 e. The van der Waals surface area contributed by atoms with E-state index in [0.29, 0.717) is 6.61 Å². The van der Waals surface area contributed by atoms with Crippen LogP contribution >= 0.6 is 15.9 Å². The van der Waals surface area contributed by atoms with Crippen molar-refractivity contribution in [1.82, 2.24) is 0 Å². The summed E-state index contributed by atoms with van der Waals surface area (Å²) in [6, 6.07) is 5.98. The van der Waals surface area contributed by atoms with Crippen LogP contribution in [-0.2, 0) is 4.74 Å². The molecule has 0 fully saturated rings. The lowest BCUT2D eigenvalue weighted by molar-refractivity contribution is 0.153. The number of aliphatic hydroxyl groups is 1.